The molecule has 4 saturated carbocycles. The van der Waals surface area contributed by atoms with Crippen LogP contribution in [0, 0.1) is 18.3 Å². The van der Waals surface area contributed by atoms with Crippen LogP contribution in [0.5, 0.6) is 5.75 Å². The van der Waals surface area contributed by atoms with E-state index in [4.69, 9.17) is 4.74 Å². The Morgan fingerprint density at radius 1 is 1.05 bits per heavy atom. The summed E-state index contributed by atoms with van der Waals surface area (Å²) in [5, 5.41) is 14.7. The van der Waals surface area contributed by atoms with Crippen LogP contribution in [0.15, 0.2) is 43.0 Å². The molecule has 2 bridgehead atoms. The van der Waals surface area contributed by atoms with Crippen LogP contribution < -0.4 is 9.64 Å². The number of nitrogens with zero attached hydrogens (tertiary/aromatic N) is 5. The second-order valence-electron chi connectivity index (χ2n) is 14.5. The average Bonchev–Trinajstić information content (AvgIpc) is 3.53. The summed E-state index contributed by atoms with van der Waals surface area (Å²) in [6, 6.07) is 8.68. The van der Waals surface area contributed by atoms with Gasteiger partial charge in [0.15, 0.2) is 0 Å². The van der Waals surface area contributed by atoms with Gasteiger partial charge in [-0.3, -0.25) is 14.4 Å². The first-order valence-electron chi connectivity index (χ1n) is 16.0. The van der Waals surface area contributed by atoms with Crippen LogP contribution in [0.1, 0.15) is 96.1 Å². The molecular weight excluding hydrogens is 538 g/mol. The van der Waals surface area contributed by atoms with Gasteiger partial charge in [-0.2, -0.15) is 5.10 Å². The van der Waals surface area contributed by atoms with Crippen molar-refractivity contribution in [2.75, 3.05) is 18.6 Å². The van der Waals surface area contributed by atoms with Crippen molar-refractivity contribution >= 4 is 11.7 Å². The third-order valence-electron chi connectivity index (χ3n) is 10.7. The molecule has 4 fully saturated rings. The van der Waals surface area contributed by atoms with E-state index in [9.17, 15) is 9.90 Å². The van der Waals surface area contributed by atoms with Gasteiger partial charge in [-0.1, -0.05) is 12.1 Å². The minimum absolute atomic E-state index is 0.0787. The number of aryl methyl sites for hydroxylation is 1. The maximum absolute atomic E-state index is 14.3. The molecule has 0 saturated heterocycles. The van der Waals surface area contributed by atoms with Crippen LogP contribution in [0.3, 0.4) is 0 Å². The predicted octanol–water partition coefficient (Wildman–Crippen LogP) is 6.59. The van der Waals surface area contributed by atoms with Crippen molar-refractivity contribution in [3.05, 3.63) is 54.1 Å². The van der Waals surface area contributed by atoms with E-state index in [1.54, 1.807) is 13.4 Å². The number of hydrogen-bond donors (Lipinski definition) is 1. The highest BCUT2D eigenvalue weighted by atomic mass is 16.5. The molecule has 4 aliphatic rings. The lowest BCUT2D eigenvalue weighted by Crippen LogP contribution is -2.52. The first-order valence-corrected chi connectivity index (χ1v) is 16.0. The van der Waals surface area contributed by atoms with E-state index in [2.05, 4.69) is 61.0 Å². The fourth-order valence-electron chi connectivity index (χ4n) is 7.77. The number of amides is 1. The molecule has 2 heterocycles. The van der Waals surface area contributed by atoms with Crippen LogP contribution in [-0.2, 0) is 15.7 Å². The Hall–Kier alpha value is -3.26. The molecular formula is C35H47N5O3. The van der Waals surface area contributed by atoms with Crippen LogP contribution in [0.2, 0.25) is 0 Å². The van der Waals surface area contributed by atoms with Gasteiger partial charge in [-0.15, -0.1) is 0 Å². The number of hydrogen-bond acceptors (Lipinski definition) is 6. The number of anilines is 1. The molecule has 43 heavy (non-hydrogen) atoms. The molecule has 0 atom stereocenters. The summed E-state index contributed by atoms with van der Waals surface area (Å²) in [5.74, 6) is 1.67. The number of carbonyl (C=O) groups excluding carboxylic acids is 1. The standard InChI is InChI=1S/C35H47N5O3/c1-24-18-27(8-11-30(24)43-5)35-15-12-34(13-16-35,14-17-35)22-39(32(42)25-6-9-28(41)10-7-25)31-19-29(36-23-37-31)26-20-38-40(21-26)33(2,3)4/h8,11,18-21,23,25,28,41H,6-7,9-10,12-17,22H2,1-5H3. The summed E-state index contributed by atoms with van der Waals surface area (Å²) in [6.45, 7) is 9.17. The maximum Gasteiger partial charge on any atom is 0.231 e. The summed E-state index contributed by atoms with van der Waals surface area (Å²) in [6.07, 6.45) is 14.7. The highest BCUT2D eigenvalue weighted by Crippen LogP contribution is 2.58. The van der Waals surface area contributed by atoms with Crippen molar-refractivity contribution in [3.63, 3.8) is 0 Å². The SMILES string of the molecule is COc1ccc(C23CCC(CN(C(=O)C4CCC(O)CC4)c4cc(-c5cnn(C(C)(C)C)c5)ncn4)(CC2)CC3)cc1C. The number of benzene rings is 1. The van der Waals surface area contributed by atoms with Crippen molar-refractivity contribution < 1.29 is 14.6 Å². The largest absolute Gasteiger partial charge is 0.496 e. The zero-order valence-electron chi connectivity index (χ0n) is 26.5. The van der Waals surface area contributed by atoms with Crippen molar-refractivity contribution in [2.45, 2.75) is 109 Å². The van der Waals surface area contributed by atoms with Gasteiger partial charge in [-0.05, 0) is 120 Å². The zero-order chi connectivity index (χ0) is 30.4. The van der Waals surface area contributed by atoms with Crippen LogP contribution in [-0.4, -0.2) is 50.5 Å². The zero-order valence-corrected chi connectivity index (χ0v) is 26.5. The number of carbonyl (C=O) groups is 1. The highest BCUT2D eigenvalue weighted by molar-refractivity contribution is 5.94. The molecule has 8 heteroatoms. The third-order valence-corrected chi connectivity index (χ3v) is 10.7. The van der Waals surface area contributed by atoms with Crippen molar-refractivity contribution in [1.82, 2.24) is 19.7 Å². The van der Waals surface area contributed by atoms with Gasteiger partial charge < -0.3 is 9.84 Å². The Kier molecular flexibility index (Phi) is 7.86. The van der Waals surface area contributed by atoms with Crippen molar-refractivity contribution in [1.29, 1.82) is 0 Å². The van der Waals surface area contributed by atoms with E-state index in [0.29, 0.717) is 25.2 Å². The third kappa shape index (κ3) is 5.83. The van der Waals surface area contributed by atoms with E-state index in [1.807, 2.05) is 28.0 Å². The summed E-state index contributed by atoms with van der Waals surface area (Å²) in [5.41, 5.74) is 4.47. The minimum Gasteiger partial charge on any atom is -0.496 e. The van der Waals surface area contributed by atoms with E-state index >= 15 is 0 Å². The summed E-state index contributed by atoms with van der Waals surface area (Å²) in [4.78, 5) is 25.5. The van der Waals surface area contributed by atoms with Gasteiger partial charge in [0.05, 0.1) is 30.6 Å². The molecule has 8 nitrogen and oxygen atoms in total. The van der Waals surface area contributed by atoms with E-state index in [1.165, 1.54) is 11.1 Å². The van der Waals surface area contributed by atoms with Crippen LogP contribution in [0.25, 0.3) is 11.3 Å². The van der Waals surface area contributed by atoms with Crippen molar-refractivity contribution in [2.24, 2.45) is 11.3 Å². The topological polar surface area (TPSA) is 93.4 Å². The number of rotatable bonds is 7. The fourth-order valence-corrected chi connectivity index (χ4v) is 7.77. The Balaban J connectivity index is 1.27. The molecule has 230 valence electrons. The molecule has 0 aliphatic heterocycles. The van der Waals surface area contributed by atoms with E-state index < -0.39 is 0 Å². The molecule has 1 N–H and O–H groups in total. The van der Waals surface area contributed by atoms with Crippen LogP contribution >= 0.6 is 0 Å². The second kappa shape index (κ2) is 11.3. The molecule has 4 aliphatic carbocycles. The van der Waals surface area contributed by atoms with E-state index in [0.717, 1.165) is 68.4 Å². The maximum atomic E-state index is 14.3. The Morgan fingerprint density at radius 3 is 2.35 bits per heavy atom. The summed E-state index contributed by atoms with van der Waals surface area (Å²) >= 11 is 0. The van der Waals surface area contributed by atoms with Gasteiger partial charge in [-0.25, -0.2) is 9.97 Å². The number of ether oxygens (including phenoxy) is 1. The molecule has 0 spiro atoms. The van der Waals surface area contributed by atoms with Gasteiger partial charge in [0, 0.05) is 30.3 Å². The minimum atomic E-state index is -0.299. The molecule has 1 aromatic carbocycles. The highest BCUT2D eigenvalue weighted by Gasteiger charge is 2.50. The molecule has 3 aromatic rings. The number of aliphatic hydroxyl groups excluding tert-OH is 1. The van der Waals surface area contributed by atoms with Gasteiger partial charge in [0.2, 0.25) is 5.91 Å². The lowest BCUT2D eigenvalue weighted by molar-refractivity contribution is -0.124. The van der Waals surface area contributed by atoms with Gasteiger partial charge in [0.1, 0.15) is 17.9 Å². The smallest absolute Gasteiger partial charge is 0.231 e. The number of fused-ring (bicyclic) bond motifs is 3. The van der Waals surface area contributed by atoms with Gasteiger partial charge >= 0.3 is 0 Å². The summed E-state index contributed by atoms with van der Waals surface area (Å²) in [7, 11) is 1.73. The molecule has 7 rings (SSSR count). The number of methoxy groups -OCH3 is 1. The number of aliphatic hydroxyl groups is 1. The second-order valence-corrected chi connectivity index (χ2v) is 14.5. The van der Waals surface area contributed by atoms with Gasteiger partial charge in [0.25, 0.3) is 0 Å². The normalized spacial score (nSPS) is 27.2. The lowest BCUT2D eigenvalue weighted by atomic mass is 9.51. The van der Waals surface area contributed by atoms with E-state index in [-0.39, 0.29) is 34.3 Å². The monoisotopic (exact) mass is 585 g/mol. The quantitative estimate of drug-likeness (QED) is 0.336. The average molecular weight is 586 g/mol. The predicted molar refractivity (Wildman–Crippen MR) is 168 cm³/mol. The fraction of sp³-hybridized carbons (Fsp3) is 0.600. The Morgan fingerprint density at radius 2 is 1.74 bits per heavy atom. The molecule has 0 radical (unpaired) electrons. The van der Waals surface area contributed by atoms with Crippen molar-refractivity contribution in [3.8, 4) is 17.0 Å². The molecule has 1 amide bonds. The molecule has 2 aromatic heterocycles. The first-order chi connectivity index (χ1) is 20.5. The molecule has 0 unspecified atom stereocenters. The summed E-state index contributed by atoms with van der Waals surface area (Å²) < 4.78 is 7.47. The number of aromatic nitrogens is 4. The van der Waals surface area contributed by atoms with Crippen LogP contribution in [0.4, 0.5) is 5.82 Å². The first kappa shape index (κ1) is 29.8. The Labute approximate surface area is 255 Å². The lowest BCUT2D eigenvalue weighted by Gasteiger charge is -2.55. The Bertz CT molecular complexity index is 1440.